The number of hydrogen-bond acceptors (Lipinski definition) is 2. The van der Waals surface area contributed by atoms with Crippen LogP contribution in [0.1, 0.15) is 24.7 Å². The van der Waals surface area contributed by atoms with Gasteiger partial charge in [0.15, 0.2) is 0 Å². The molecule has 0 N–H and O–H groups in total. The topological polar surface area (TPSA) is 30.7 Å². The Balaban J connectivity index is 2.54. The lowest BCUT2D eigenvalue weighted by molar-refractivity contribution is -0.137. The van der Waals surface area contributed by atoms with Crippen LogP contribution in [0.25, 0.3) is 5.69 Å². The van der Waals surface area contributed by atoms with E-state index in [9.17, 15) is 13.2 Å². The average molecular weight is 255 g/mol. The molecule has 0 aliphatic carbocycles. The van der Waals surface area contributed by atoms with Crippen molar-refractivity contribution in [2.45, 2.75) is 25.9 Å². The van der Waals surface area contributed by atoms with Crippen molar-refractivity contribution in [1.29, 1.82) is 0 Å². The van der Waals surface area contributed by atoms with Gasteiger partial charge in [-0.05, 0) is 18.6 Å². The lowest BCUT2D eigenvalue weighted by Gasteiger charge is -2.14. The van der Waals surface area contributed by atoms with E-state index in [2.05, 4.69) is 10.2 Å². The summed E-state index contributed by atoms with van der Waals surface area (Å²) in [6.07, 6.45) is -1.68. The maximum Gasteiger partial charge on any atom is 0.418 e. The summed E-state index contributed by atoms with van der Waals surface area (Å²) < 4.78 is 40.1. The SMILES string of the molecule is CCCc1nncn1-c1ccccc1C(F)(F)F. The number of hydrogen-bond donors (Lipinski definition) is 0. The quantitative estimate of drug-likeness (QED) is 0.843. The molecule has 0 aliphatic heterocycles. The number of aromatic nitrogens is 3. The molecule has 3 nitrogen and oxygen atoms in total. The second-order valence-corrected chi connectivity index (χ2v) is 3.88. The van der Waals surface area contributed by atoms with Crippen LogP contribution in [0.3, 0.4) is 0 Å². The molecule has 1 aromatic heterocycles. The van der Waals surface area contributed by atoms with Crippen molar-refractivity contribution in [3.63, 3.8) is 0 Å². The summed E-state index contributed by atoms with van der Waals surface area (Å²) in [5.74, 6) is 0.536. The second kappa shape index (κ2) is 4.80. The molecule has 0 amide bonds. The Kier molecular flexibility index (Phi) is 3.36. The number of aryl methyl sites for hydroxylation is 1. The largest absolute Gasteiger partial charge is 0.418 e. The molecule has 0 saturated heterocycles. The Hall–Kier alpha value is -1.85. The number of alkyl halides is 3. The second-order valence-electron chi connectivity index (χ2n) is 3.88. The van der Waals surface area contributed by atoms with Crippen molar-refractivity contribution >= 4 is 0 Å². The third-order valence-corrected chi connectivity index (χ3v) is 2.56. The van der Waals surface area contributed by atoms with Crippen molar-refractivity contribution in [3.8, 4) is 5.69 Å². The molecule has 18 heavy (non-hydrogen) atoms. The molecule has 1 heterocycles. The highest BCUT2D eigenvalue weighted by atomic mass is 19.4. The minimum Gasteiger partial charge on any atom is -0.285 e. The molecule has 0 unspecified atom stereocenters. The van der Waals surface area contributed by atoms with E-state index in [0.717, 1.165) is 12.5 Å². The van der Waals surface area contributed by atoms with Gasteiger partial charge in [0.25, 0.3) is 0 Å². The summed E-state index contributed by atoms with van der Waals surface area (Å²) >= 11 is 0. The molecule has 0 radical (unpaired) electrons. The number of halogens is 3. The first-order chi connectivity index (χ1) is 8.54. The Morgan fingerprint density at radius 1 is 1.22 bits per heavy atom. The van der Waals surface area contributed by atoms with Gasteiger partial charge in [0, 0.05) is 6.42 Å². The van der Waals surface area contributed by atoms with Gasteiger partial charge in [0.1, 0.15) is 12.2 Å². The van der Waals surface area contributed by atoms with Crippen LogP contribution < -0.4 is 0 Å². The van der Waals surface area contributed by atoms with Gasteiger partial charge < -0.3 is 0 Å². The van der Waals surface area contributed by atoms with Gasteiger partial charge in [-0.25, -0.2) is 0 Å². The van der Waals surface area contributed by atoms with Crippen LogP contribution in [0, 0.1) is 0 Å². The molecular weight excluding hydrogens is 243 g/mol. The van der Waals surface area contributed by atoms with Gasteiger partial charge in [0.2, 0.25) is 0 Å². The van der Waals surface area contributed by atoms with Gasteiger partial charge >= 0.3 is 6.18 Å². The Morgan fingerprint density at radius 2 is 1.94 bits per heavy atom. The molecule has 1 aromatic carbocycles. The summed E-state index contributed by atoms with van der Waals surface area (Å²) in [5, 5.41) is 7.54. The maximum absolute atomic E-state index is 12.9. The minimum absolute atomic E-state index is 0.0680. The molecule has 96 valence electrons. The van der Waals surface area contributed by atoms with Gasteiger partial charge in [-0.2, -0.15) is 13.2 Å². The molecule has 2 rings (SSSR count). The minimum atomic E-state index is -4.38. The lowest BCUT2D eigenvalue weighted by atomic mass is 10.1. The first-order valence-corrected chi connectivity index (χ1v) is 5.59. The van der Waals surface area contributed by atoms with Crippen LogP contribution >= 0.6 is 0 Å². The highest BCUT2D eigenvalue weighted by Gasteiger charge is 2.34. The molecule has 6 heteroatoms. The fourth-order valence-corrected chi connectivity index (χ4v) is 1.78. The fourth-order valence-electron chi connectivity index (χ4n) is 1.78. The molecule has 2 aromatic rings. The van der Waals surface area contributed by atoms with E-state index < -0.39 is 11.7 Å². The average Bonchev–Trinajstić information content (AvgIpc) is 2.77. The van der Waals surface area contributed by atoms with E-state index in [1.54, 1.807) is 6.07 Å². The van der Waals surface area contributed by atoms with E-state index in [1.807, 2.05) is 6.92 Å². The number of rotatable bonds is 3. The zero-order valence-corrected chi connectivity index (χ0v) is 9.78. The Labute approximate surface area is 102 Å². The van der Waals surface area contributed by atoms with Crippen LogP contribution in [0.4, 0.5) is 13.2 Å². The lowest BCUT2D eigenvalue weighted by Crippen LogP contribution is -2.11. The molecule has 0 bridgehead atoms. The first-order valence-electron chi connectivity index (χ1n) is 5.59. The zero-order valence-electron chi connectivity index (χ0n) is 9.78. The Bertz CT molecular complexity index is 531. The van der Waals surface area contributed by atoms with Gasteiger partial charge in [-0.15, -0.1) is 10.2 Å². The highest BCUT2D eigenvalue weighted by Crippen LogP contribution is 2.33. The molecule has 0 saturated carbocycles. The van der Waals surface area contributed by atoms with Gasteiger partial charge in [-0.3, -0.25) is 4.57 Å². The molecule has 0 aliphatic rings. The third-order valence-electron chi connectivity index (χ3n) is 2.56. The van der Waals surface area contributed by atoms with E-state index in [0.29, 0.717) is 12.2 Å². The summed E-state index contributed by atoms with van der Waals surface area (Å²) in [6.45, 7) is 1.94. The van der Waals surface area contributed by atoms with Crippen molar-refractivity contribution in [1.82, 2.24) is 14.8 Å². The van der Waals surface area contributed by atoms with Crippen LogP contribution in [-0.2, 0) is 12.6 Å². The standard InChI is InChI=1S/C12H12F3N3/c1-2-5-11-17-16-8-18(11)10-7-4-3-6-9(10)12(13,14)15/h3-4,6-8H,2,5H2,1H3. The van der Waals surface area contributed by atoms with Crippen molar-refractivity contribution in [3.05, 3.63) is 42.0 Å². The van der Waals surface area contributed by atoms with Crippen LogP contribution in [0.5, 0.6) is 0 Å². The van der Waals surface area contributed by atoms with Crippen molar-refractivity contribution in [2.75, 3.05) is 0 Å². The van der Waals surface area contributed by atoms with Gasteiger partial charge in [0.05, 0.1) is 11.3 Å². The van der Waals surface area contributed by atoms with E-state index in [4.69, 9.17) is 0 Å². The number of nitrogens with zero attached hydrogens (tertiary/aromatic N) is 3. The summed E-state index contributed by atoms with van der Waals surface area (Å²) in [6, 6.07) is 5.42. The molecule has 0 spiro atoms. The van der Waals surface area contributed by atoms with Crippen molar-refractivity contribution < 1.29 is 13.2 Å². The normalized spacial score (nSPS) is 11.8. The van der Waals surface area contributed by atoms with Crippen LogP contribution in [0.2, 0.25) is 0 Å². The van der Waals surface area contributed by atoms with E-state index in [1.165, 1.54) is 23.0 Å². The maximum atomic E-state index is 12.9. The highest BCUT2D eigenvalue weighted by molar-refractivity contribution is 5.43. The van der Waals surface area contributed by atoms with Crippen LogP contribution in [0.15, 0.2) is 30.6 Å². The first kappa shape index (κ1) is 12.6. The predicted octanol–water partition coefficient (Wildman–Crippen LogP) is 3.24. The number of para-hydroxylation sites is 1. The monoisotopic (exact) mass is 255 g/mol. The summed E-state index contributed by atoms with van der Waals surface area (Å²) in [4.78, 5) is 0. The molecule has 0 atom stereocenters. The van der Waals surface area contributed by atoms with E-state index in [-0.39, 0.29) is 5.69 Å². The van der Waals surface area contributed by atoms with E-state index >= 15 is 0 Å². The summed E-state index contributed by atoms with van der Waals surface area (Å²) in [7, 11) is 0. The third kappa shape index (κ3) is 2.37. The molecule has 0 fully saturated rings. The van der Waals surface area contributed by atoms with Crippen molar-refractivity contribution in [2.24, 2.45) is 0 Å². The fraction of sp³-hybridized carbons (Fsp3) is 0.333. The smallest absolute Gasteiger partial charge is 0.285 e. The predicted molar refractivity (Wildman–Crippen MR) is 60.4 cm³/mol. The van der Waals surface area contributed by atoms with Gasteiger partial charge in [-0.1, -0.05) is 19.1 Å². The zero-order chi connectivity index (χ0) is 13.2. The summed E-state index contributed by atoms with van der Waals surface area (Å²) in [5.41, 5.74) is -0.611. The molecular formula is C12H12F3N3. The number of benzene rings is 1. The Morgan fingerprint density at radius 3 is 2.61 bits per heavy atom. The van der Waals surface area contributed by atoms with Crippen LogP contribution in [-0.4, -0.2) is 14.8 Å².